The third-order valence-electron chi connectivity index (χ3n) is 3.44. The van der Waals surface area contributed by atoms with Crippen molar-refractivity contribution in [3.63, 3.8) is 0 Å². The molecule has 0 aliphatic carbocycles. The van der Waals surface area contributed by atoms with Crippen molar-refractivity contribution in [2.24, 2.45) is 0 Å². The van der Waals surface area contributed by atoms with Gasteiger partial charge in [0.15, 0.2) is 0 Å². The Hall–Kier alpha value is -0.910. The maximum absolute atomic E-state index is 5.35. The van der Waals surface area contributed by atoms with E-state index in [1.807, 2.05) is 13.8 Å². The van der Waals surface area contributed by atoms with Crippen LogP contribution in [0.3, 0.4) is 0 Å². The summed E-state index contributed by atoms with van der Waals surface area (Å²) < 4.78 is 10.5. The molecule has 0 bridgehead atoms. The summed E-state index contributed by atoms with van der Waals surface area (Å²) in [5, 5.41) is 7.50. The van der Waals surface area contributed by atoms with Crippen LogP contribution in [0.2, 0.25) is 0 Å². The summed E-state index contributed by atoms with van der Waals surface area (Å²) >= 11 is 0. The number of ether oxygens (including phenoxy) is 1. The van der Waals surface area contributed by atoms with Gasteiger partial charge >= 0.3 is 0 Å². The quantitative estimate of drug-likeness (QED) is 0.851. The fourth-order valence-corrected chi connectivity index (χ4v) is 2.27. The van der Waals surface area contributed by atoms with Crippen LogP contribution in [-0.4, -0.2) is 48.9 Å². The highest BCUT2D eigenvalue weighted by Crippen LogP contribution is 2.11. The van der Waals surface area contributed by atoms with Crippen molar-refractivity contribution in [3.05, 3.63) is 17.0 Å². The molecular weight excluding hydrogens is 230 g/mol. The first-order valence-electron chi connectivity index (χ1n) is 6.62. The van der Waals surface area contributed by atoms with Crippen LogP contribution >= 0.6 is 0 Å². The second-order valence-corrected chi connectivity index (χ2v) is 5.00. The summed E-state index contributed by atoms with van der Waals surface area (Å²) in [6.45, 7) is 11.8. The summed E-state index contributed by atoms with van der Waals surface area (Å²) in [6.07, 6.45) is 0. The van der Waals surface area contributed by atoms with Crippen molar-refractivity contribution in [1.82, 2.24) is 15.4 Å². The molecule has 102 valence electrons. The lowest BCUT2D eigenvalue weighted by Gasteiger charge is -2.29. The van der Waals surface area contributed by atoms with Crippen LogP contribution in [0.15, 0.2) is 4.52 Å². The fraction of sp³-hybridized carbons (Fsp3) is 0.769. The molecule has 0 amide bonds. The highest BCUT2D eigenvalue weighted by atomic mass is 16.5. The molecular formula is C13H23N3O2. The Morgan fingerprint density at radius 1 is 1.33 bits per heavy atom. The van der Waals surface area contributed by atoms with Gasteiger partial charge in [0.2, 0.25) is 0 Å². The maximum atomic E-state index is 5.35. The smallest absolute Gasteiger partial charge is 0.138 e. The number of nitrogens with one attached hydrogen (secondary N) is 1. The number of nitrogens with zero attached hydrogens (tertiary/aromatic N) is 2. The topological polar surface area (TPSA) is 50.5 Å². The van der Waals surface area contributed by atoms with E-state index in [0.717, 1.165) is 50.8 Å². The van der Waals surface area contributed by atoms with E-state index < -0.39 is 0 Å². The summed E-state index contributed by atoms with van der Waals surface area (Å²) in [5.41, 5.74) is 2.17. The van der Waals surface area contributed by atoms with Gasteiger partial charge in [-0.1, -0.05) is 5.16 Å². The molecule has 1 N–H and O–H groups in total. The van der Waals surface area contributed by atoms with Gasteiger partial charge in [-0.2, -0.15) is 0 Å². The van der Waals surface area contributed by atoms with E-state index in [2.05, 4.69) is 22.3 Å². The van der Waals surface area contributed by atoms with Crippen molar-refractivity contribution in [1.29, 1.82) is 0 Å². The lowest BCUT2D eigenvalue weighted by atomic mass is 10.2. The zero-order chi connectivity index (χ0) is 13.0. The van der Waals surface area contributed by atoms with Crippen LogP contribution in [0.5, 0.6) is 0 Å². The molecule has 1 atom stereocenters. The van der Waals surface area contributed by atoms with E-state index in [0.29, 0.717) is 6.04 Å². The van der Waals surface area contributed by atoms with Crippen molar-refractivity contribution in [3.8, 4) is 0 Å². The van der Waals surface area contributed by atoms with Gasteiger partial charge in [0.25, 0.3) is 0 Å². The monoisotopic (exact) mass is 253 g/mol. The van der Waals surface area contributed by atoms with Crippen LogP contribution in [0.4, 0.5) is 0 Å². The van der Waals surface area contributed by atoms with E-state index in [-0.39, 0.29) is 0 Å². The van der Waals surface area contributed by atoms with Crippen LogP contribution in [0, 0.1) is 13.8 Å². The second kappa shape index (κ2) is 6.31. The SMILES string of the molecule is Cc1noc(C)c1CN[C@H](C)CN1CCOCC1. The van der Waals surface area contributed by atoms with Gasteiger partial charge in [0.05, 0.1) is 18.9 Å². The van der Waals surface area contributed by atoms with Gasteiger partial charge < -0.3 is 14.6 Å². The Morgan fingerprint density at radius 3 is 2.67 bits per heavy atom. The second-order valence-electron chi connectivity index (χ2n) is 5.00. The van der Waals surface area contributed by atoms with Crippen molar-refractivity contribution < 1.29 is 9.26 Å². The Labute approximate surface area is 108 Å². The molecule has 0 radical (unpaired) electrons. The molecule has 0 saturated carbocycles. The zero-order valence-corrected chi connectivity index (χ0v) is 11.5. The van der Waals surface area contributed by atoms with E-state index in [9.17, 15) is 0 Å². The molecule has 0 aromatic carbocycles. The Balaban J connectivity index is 1.75. The van der Waals surface area contributed by atoms with Crippen LogP contribution in [-0.2, 0) is 11.3 Å². The molecule has 0 spiro atoms. The maximum Gasteiger partial charge on any atom is 0.138 e. The first-order valence-corrected chi connectivity index (χ1v) is 6.62. The van der Waals surface area contributed by atoms with Gasteiger partial charge in [-0.05, 0) is 20.8 Å². The predicted molar refractivity (Wildman–Crippen MR) is 69.5 cm³/mol. The number of aromatic nitrogens is 1. The van der Waals surface area contributed by atoms with Crippen molar-refractivity contribution >= 4 is 0 Å². The minimum atomic E-state index is 0.455. The summed E-state index contributed by atoms with van der Waals surface area (Å²) in [5.74, 6) is 0.915. The van der Waals surface area contributed by atoms with Gasteiger partial charge in [-0.3, -0.25) is 4.90 Å². The first-order chi connectivity index (χ1) is 8.66. The molecule has 1 fully saturated rings. The number of morpholine rings is 1. The fourth-order valence-electron chi connectivity index (χ4n) is 2.27. The Kier molecular flexibility index (Phi) is 4.74. The number of aryl methyl sites for hydroxylation is 2. The molecule has 1 saturated heterocycles. The third kappa shape index (κ3) is 3.54. The standard InChI is InChI=1S/C13H23N3O2/c1-10(9-16-4-6-17-7-5-16)14-8-13-11(2)15-18-12(13)3/h10,14H,4-9H2,1-3H3/t10-/m1/s1. The minimum Gasteiger partial charge on any atom is -0.379 e. The van der Waals surface area contributed by atoms with E-state index in [1.54, 1.807) is 0 Å². The lowest BCUT2D eigenvalue weighted by molar-refractivity contribution is 0.0343. The minimum absolute atomic E-state index is 0.455. The molecule has 1 aliphatic heterocycles. The van der Waals surface area contributed by atoms with Crippen LogP contribution in [0.25, 0.3) is 0 Å². The summed E-state index contributed by atoms with van der Waals surface area (Å²) in [7, 11) is 0. The molecule has 5 heteroatoms. The van der Waals surface area contributed by atoms with Crippen LogP contribution < -0.4 is 5.32 Å². The van der Waals surface area contributed by atoms with Gasteiger partial charge in [0.1, 0.15) is 5.76 Å². The number of rotatable bonds is 5. The number of hydrogen-bond donors (Lipinski definition) is 1. The largest absolute Gasteiger partial charge is 0.379 e. The van der Waals surface area contributed by atoms with Gasteiger partial charge in [0, 0.05) is 37.8 Å². The van der Waals surface area contributed by atoms with Crippen molar-refractivity contribution in [2.75, 3.05) is 32.8 Å². The summed E-state index contributed by atoms with van der Waals surface area (Å²) in [6, 6.07) is 0.455. The first kappa shape index (κ1) is 13.5. The molecule has 2 heterocycles. The van der Waals surface area contributed by atoms with Crippen LogP contribution in [0.1, 0.15) is 23.9 Å². The molecule has 1 aliphatic rings. The zero-order valence-electron chi connectivity index (χ0n) is 11.5. The molecule has 18 heavy (non-hydrogen) atoms. The summed E-state index contributed by atoms with van der Waals surface area (Å²) in [4.78, 5) is 2.44. The molecule has 0 unspecified atom stereocenters. The molecule has 2 rings (SSSR count). The van der Waals surface area contributed by atoms with Gasteiger partial charge in [-0.25, -0.2) is 0 Å². The Morgan fingerprint density at radius 2 is 2.06 bits per heavy atom. The predicted octanol–water partition coefficient (Wildman–Crippen LogP) is 1.10. The molecule has 5 nitrogen and oxygen atoms in total. The lowest BCUT2D eigenvalue weighted by Crippen LogP contribution is -2.44. The van der Waals surface area contributed by atoms with E-state index >= 15 is 0 Å². The average Bonchev–Trinajstić information content (AvgIpc) is 2.68. The highest BCUT2D eigenvalue weighted by molar-refractivity contribution is 5.20. The normalized spacial score (nSPS) is 19.1. The molecule has 1 aromatic heterocycles. The van der Waals surface area contributed by atoms with E-state index in [4.69, 9.17) is 9.26 Å². The molecule has 1 aromatic rings. The Bertz CT molecular complexity index is 353. The average molecular weight is 253 g/mol. The van der Waals surface area contributed by atoms with Gasteiger partial charge in [-0.15, -0.1) is 0 Å². The van der Waals surface area contributed by atoms with E-state index in [1.165, 1.54) is 5.56 Å². The number of hydrogen-bond acceptors (Lipinski definition) is 5. The third-order valence-corrected chi connectivity index (χ3v) is 3.44. The highest BCUT2D eigenvalue weighted by Gasteiger charge is 2.14. The van der Waals surface area contributed by atoms with Crippen molar-refractivity contribution in [2.45, 2.75) is 33.4 Å².